The van der Waals surface area contributed by atoms with E-state index in [-0.39, 0.29) is 5.56 Å². The van der Waals surface area contributed by atoms with Gasteiger partial charge in [-0.1, -0.05) is 0 Å². The molecular formula is C22H25N3O5S. The van der Waals surface area contributed by atoms with Gasteiger partial charge in [0.1, 0.15) is 5.75 Å². The minimum absolute atomic E-state index is 0.286. The lowest BCUT2D eigenvalue weighted by molar-refractivity contribution is 0.0587. The third kappa shape index (κ3) is 5.24. The number of hydrogen-bond acceptors (Lipinski definition) is 7. The van der Waals surface area contributed by atoms with Gasteiger partial charge in [0.2, 0.25) is 0 Å². The second-order valence-electron chi connectivity index (χ2n) is 6.85. The summed E-state index contributed by atoms with van der Waals surface area (Å²) in [7, 11) is 4.25. The number of nitrogens with zero attached hydrogens (tertiary/aromatic N) is 2. The zero-order valence-corrected chi connectivity index (χ0v) is 18.5. The Bertz CT molecular complexity index is 956. The van der Waals surface area contributed by atoms with Crippen LogP contribution < -0.4 is 15.0 Å². The maximum absolute atomic E-state index is 12.1. The quantitative estimate of drug-likeness (QED) is 0.554. The predicted molar refractivity (Wildman–Crippen MR) is 122 cm³/mol. The van der Waals surface area contributed by atoms with Gasteiger partial charge >= 0.3 is 11.9 Å². The van der Waals surface area contributed by atoms with Gasteiger partial charge < -0.3 is 29.3 Å². The molecule has 0 bridgehead atoms. The minimum Gasteiger partial charge on any atom is -0.497 e. The molecule has 164 valence electrons. The van der Waals surface area contributed by atoms with Gasteiger partial charge in [0.05, 0.1) is 38.1 Å². The van der Waals surface area contributed by atoms with Crippen molar-refractivity contribution in [3.05, 3.63) is 53.6 Å². The van der Waals surface area contributed by atoms with Crippen LogP contribution in [0, 0.1) is 0 Å². The van der Waals surface area contributed by atoms with Crippen LogP contribution in [0.25, 0.3) is 0 Å². The Morgan fingerprint density at radius 3 is 2.13 bits per heavy atom. The molecule has 1 aliphatic rings. The summed E-state index contributed by atoms with van der Waals surface area (Å²) in [4.78, 5) is 28.3. The summed E-state index contributed by atoms with van der Waals surface area (Å²) >= 11 is 5.58. The van der Waals surface area contributed by atoms with Crippen molar-refractivity contribution in [2.24, 2.45) is 0 Å². The maximum atomic E-state index is 12.1. The smallest absolute Gasteiger partial charge is 0.339 e. The van der Waals surface area contributed by atoms with Crippen molar-refractivity contribution in [2.45, 2.75) is 0 Å². The number of piperazine rings is 1. The van der Waals surface area contributed by atoms with Crippen molar-refractivity contribution in [2.75, 3.05) is 57.7 Å². The normalized spacial score (nSPS) is 13.4. The molecule has 0 spiro atoms. The van der Waals surface area contributed by atoms with Crippen molar-refractivity contribution in [1.82, 2.24) is 4.90 Å². The molecule has 3 rings (SSSR count). The Balaban J connectivity index is 1.68. The standard InChI is InChI=1S/C22H25N3O5S/c1-28-17-7-5-16(6-8-17)24-10-12-25(13-11-24)22(31)23-19-14-15(20(26)29-2)4-9-18(19)21(27)30-3/h4-9,14H,10-13H2,1-3H3,(H,23,31). The molecule has 0 saturated carbocycles. The Morgan fingerprint density at radius 1 is 0.903 bits per heavy atom. The first-order valence-electron chi connectivity index (χ1n) is 9.72. The molecule has 0 aromatic heterocycles. The predicted octanol–water partition coefficient (Wildman–Crippen LogP) is 2.79. The molecule has 1 saturated heterocycles. The summed E-state index contributed by atoms with van der Waals surface area (Å²) in [5.41, 5.74) is 2.12. The average Bonchev–Trinajstić information content (AvgIpc) is 2.83. The van der Waals surface area contributed by atoms with Crippen molar-refractivity contribution in [1.29, 1.82) is 0 Å². The molecule has 0 radical (unpaired) electrons. The molecule has 1 N–H and O–H groups in total. The van der Waals surface area contributed by atoms with Crippen molar-refractivity contribution in [3.63, 3.8) is 0 Å². The van der Waals surface area contributed by atoms with Crippen LogP contribution in [0.5, 0.6) is 5.75 Å². The average molecular weight is 444 g/mol. The molecule has 2 aromatic rings. The molecular weight excluding hydrogens is 418 g/mol. The fourth-order valence-corrected chi connectivity index (χ4v) is 3.63. The Kier molecular flexibility index (Phi) is 7.30. The van der Waals surface area contributed by atoms with Crippen LogP contribution in [0.15, 0.2) is 42.5 Å². The van der Waals surface area contributed by atoms with E-state index in [9.17, 15) is 9.59 Å². The number of benzene rings is 2. The summed E-state index contributed by atoms with van der Waals surface area (Å²) < 4.78 is 14.8. The van der Waals surface area contributed by atoms with Gasteiger partial charge in [-0.2, -0.15) is 0 Å². The highest BCUT2D eigenvalue weighted by molar-refractivity contribution is 7.80. The molecule has 1 aliphatic heterocycles. The molecule has 31 heavy (non-hydrogen) atoms. The number of rotatable bonds is 5. The lowest BCUT2D eigenvalue weighted by Gasteiger charge is -2.37. The fraction of sp³-hybridized carbons (Fsp3) is 0.318. The monoisotopic (exact) mass is 443 g/mol. The zero-order chi connectivity index (χ0) is 22.4. The van der Waals surface area contributed by atoms with E-state index in [1.54, 1.807) is 7.11 Å². The van der Waals surface area contributed by atoms with E-state index in [0.29, 0.717) is 29.5 Å². The first-order chi connectivity index (χ1) is 15.0. The molecule has 1 heterocycles. The van der Waals surface area contributed by atoms with Crippen molar-refractivity contribution < 1.29 is 23.8 Å². The summed E-state index contributed by atoms with van der Waals surface area (Å²) in [5.74, 6) is -0.201. The maximum Gasteiger partial charge on any atom is 0.339 e. The molecule has 9 heteroatoms. The number of methoxy groups -OCH3 is 3. The van der Waals surface area contributed by atoms with Crippen LogP contribution in [0.3, 0.4) is 0 Å². The molecule has 0 atom stereocenters. The number of anilines is 2. The Morgan fingerprint density at radius 2 is 1.55 bits per heavy atom. The number of thiocarbonyl (C=S) groups is 1. The van der Waals surface area contributed by atoms with Gasteiger partial charge in [-0.3, -0.25) is 0 Å². The second kappa shape index (κ2) is 10.1. The third-order valence-electron chi connectivity index (χ3n) is 5.09. The first-order valence-corrected chi connectivity index (χ1v) is 10.1. The molecule has 8 nitrogen and oxygen atoms in total. The number of ether oxygens (including phenoxy) is 3. The van der Waals surface area contributed by atoms with E-state index in [2.05, 4.69) is 10.2 Å². The van der Waals surface area contributed by atoms with Gasteiger partial charge in [-0.25, -0.2) is 9.59 Å². The highest BCUT2D eigenvalue weighted by Gasteiger charge is 2.22. The largest absolute Gasteiger partial charge is 0.497 e. The highest BCUT2D eigenvalue weighted by atomic mass is 32.1. The number of carbonyl (C=O) groups is 2. The van der Waals surface area contributed by atoms with E-state index in [4.69, 9.17) is 26.4 Å². The number of hydrogen-bond donors (Lipinski definition) is 1. The van der Waals surface area contributed by atoms with E-state index in [1.807, 2.05) is 29.2 Å². The van der Waals surface area contributed by atoms with Gasteiger partial charge in [-0.15, -0.1) is 0 Å². The molecule has 0 unspecified atom stereocenters. The Labute approximate surface area is 186 Å². The third-order valence-corrected chi connectivity index (χ3v) is 5.45. The van der Waals surface area contributed by atoms with E-state index in [1.165, 1.54) is 32.4 Å². The first kappa shape index (κ1) is 22.4. The minimum atomic E-state index is -0.522. The molecule has 0 amide bonds. The lowest BCUT2D eigenvalue weighted by Crippen LogP contribution is -2.50. The Hall–Kier alpha value is -3.33. The topological polar surface area (TPSA) is 80.3 Å². The van der Waals surface area contributed by atoms with Crippen LogP contribution in [0.1, 0.15) is 20.7 Å². The summed E-state index contributed by atoms with van der Waals surface area (Å²) in [5, 5.41) is 3.57. The molecule has 2 aromatic carbocycles. The van der Waals surface area contributed by atoms with Crippen LogP contribution >= 0.6 is 12.2 Å². The zero-order valence-electron chi connectivity index (χ0n) is 17.7. The lowest BCUT2D eigenvalue weighted by atomic mass is 10.1. The SMILES string of the molecule is COC(=O)c1ccc(C(=O)OC)c(NC(=S)N2CCN(c3ccc(OC)cc3)CC2)c1. The van der Waals surface area contributed by atoms with E-state index < -0.39 is 11.9 Å². The van der Waals surface area contributed by atoms with Gasteiger partial charge in [0, 0.05) is 31.9 Å². The van der Waals surface area contributed by atoms with Crippen LogP contribution in [-0.4, -0.2) is 69.5 Å². The van der Waals surface area contributed by atoms with Gasteiger partial charge in [0.25, 0.3) is 0 Å². The fourth-order valence-electron chi connectivity index (χ4n) is 3.34. The van der Waals surface area contributed by atoms with Crippen LogP contribution in [0.4, 0.5) is 11.4 Å². The van der Waals surface area contributed by atoms with Crippen LogP contribution in [-0.2, 0) is 9.47 Å². The number of nitrogens with one attached hydrogen (secondary N) is 1. The molecule has 0 aliphatic carbocycles. The van der Waals surface area contributed by atoms with E-state index >= 15 is 0 Å². The second-order valence-corrected chi connectivity index (χ2v) is 7.23. The number of esters is 2. The van der Waals surface area contributed by atoms with Gasteiger partial charge in [0.15, 0.2) is 5.11 Å². The van der Waals surface area contributed by atoms with Crippen LogP contribution in [0.2, 0.25) is 0 Å². The highest BCUT2D eigenvalue weighted by Crippen LogP contribution is 2.23. The number of carbonyl (C=O) groups excluding carboxylic acids is 2. The van der Waals surface area contributed by atoms with E-state index in [0.717, 1.165) is 24.5 Å². The van der Waals surface area contributed by atoms with Crippen molar-refractivity contribution >= 4 is 40.6 Å². The van der Waals surface area contributed by atoms with Gasteiger partial charge in [-0.05, 0) is 54.7 Å². The summed E-state index contributed by atoms with van der Waals surface area (Å²) in [6.07, 6.45) is 0. The summed E-state index contributed by atoms with van der Waals surface area (Å²) in [6.45, 7) is 3.00. The summed E-state index contributed by atoms with van der Waals surface area (Å²) in [6, 6.07) is 12.5. The molecule has 1 fully saturated rings. The van der Waals surface area contributed by atoms with Crippen molar-refractivity contribution in [3.8, 4) is 5.75 Å².